The Hall–Kier alpha value is -0.770. The first kappa shape index (κ1) is 16.6. The summed E-state index contributed by atoms with van der Waals surface area (Å²) >= 11 is 0. The molecule has 4 heteroatoms. The summed E-state index contributed by atoms with van der Waals surface area (Å²) in [7, 11) is 0. The van der Waals surface area contributed by atoms with E-state index in [9.17, 15) is 0 Å². The fourth-order valence-corrected chi connectivity index (χ4v) is 4.11. The van der Waals surface area contributed by atoms with Crippen molar-refractivity contribution in [1.29, 1.82) is 0 Å². The zero-order chi connectivity index (χ0) is 15.3. The number of nitrogens with zero attached hydrogens (tertiary/aromatic N) is 3. The van der Waals surface area contributed by atoms with Crippen LogP contribution in [0, 0.1) is 5.92 Å². The number of likely N-dealkylation sites (N-methyl/N-ethyl adjacent to an activating group) is 1. The first-order chi connectivity index (χ1) is 10.1. The van der Waals surface area contributed by atoms with Gasteiger partial charge in [0.05, 0.1) is 12.1 Å². The highest BCUT2D eigenvalue weighted by Crippen LogP contribution is 2.40. The van der Waals surface area contributed by atoms with Crippen molar-refractivity contribution in [2.45, 2.75) is 64.8 Å². The van der Waals surface area contributed by atoms with Gasteiger partial charge in [0.25, 0.3) is 0 Å². The highest BCUT2D eigenvalue weighted by Gasteiger charge is 2.44. The van der Waals surface area contributed by atoms with Crippen LogP contribution in [0.15, 0.2) is 4.99 Å². The minimum Gasteiger partial charge on any atom is -0.370 e. The van der Waals surface area contributed by atoms with E-state index < -0.39 is 0 Å². The van der Waals surface area contributed by atoms with E-state index in [0.29, 0.717) is 0 Å². The normalized spacial score (nSPS) is 29.4. The van der Waals surface area contributed by atoms with Crippen LogP contribution in [0.4, 0.5) is 0 Å². The topological polar surface area (TPSA) is 44.9 Å². The van der Waals surface area contributed by atoms with Crippen molar-refractivity contribution in [3.63, 3.8) is 0 Å². The first-order valence-electron chi connectivity index (χ1n) is 8.95. The predicted octanol–water partition coefficient (Wildman–Crippen LogP) is 2.69. The fourth-order valence-electron chi connectivity index (χ4n) is 4.11. The molecule has 0 radical (unpaired) electrons. The van der Waals surface area contributed by atoms with E-state index in [4.69, 9.17) is 5.73 Å². The molecular formula is C17H34N4. The van der Waals surface area contributed by atoms with Gasteiger partial charge in [-0.2, -0.15) is 0 Å². The number of aliphatic imine (C=N–C) groups is 1. The maximum Gasteiger partial charge on any atom is 0.191 e. The lowest BCUT2D eigenvalue weighted by Gasteiger charge is -2.44. The third-order valence-corrected chi connectivity index (χ3v) is 5.65. The summed E-state index contributed by atoms with van der Waals surface area (Å²) in [6.07, 6.45) is 7.99. The van der Waals surface area contributed by atoms with Gasteiger partial charge >= 0.3 is 0 Å². The molecule has 0 amide bonds. The second-order valence-electron chi connectivity index (χ2n) is 6.81. The van der Waals surface area contributed by atoms with Crippen LogP contribution in [-0.4, -0.2) is 54.0 Å². The Morgan fingerprint density at radius 1 is 1.24 bits per heavy atom. The quantitative estimate of drug-likeness (QED) is 0.785. The van der Waals surface area contributed by atoms with E-state index in [0.717, 1.165) is 44.6 Å². The zero-order valence-corrected chi connectivity index (χ0v) is 14.3. The maximum absolute atomic E-state index is 6.20. The van der Waals surface area contributed by atoms with Crippen LogP contribution in [-0.2, 0) is 0 Å². The molecule has 2 N–H and O–H groups in total. The molecule has 4 nitrogen and oxygen atoms in total. The fraction of sp³-hybridized carbons (Fsp3) is 0.941. The molecule has 1 saturated carbocycles. The van der Waals surface area contributed by atoms with Gasteiger partial charge in [-0.1, -0.05) is 33.6 Å². The summed E-state index contributed by atoms with van der Waals surface area (Å²) in [5.74, 6) is 1.73. The zero-order valence-electron chi connectivity index (χ0n) is 14.3. The highest BCUT2D eigenvalue weighted by atomic mass is 15.4. The van der Waals surface area contributed by atoms with E-state index >= 15 is 0 Å². The Balaban J connectivity index is 1.93. The first-order valence-corrected chi connectivity index (χ1v) is 8.95. The number of nitrogens with two attached hydrogens (primary N) is 1. The monoisotopic (exact) mass is 294 g/mol. The standard InChI is InChI=1S/C17H34N4/c1-4-7-15-8-10-17(11-9-15)14-19-16(18)21(17)13-12-20(5-2)6-3/h15H,4-14H2,1-3H3,(H2,18,19). The summed E-state index contributed by atoms with van der Waals surface area (Å²) in [4.78, 5) is 9.51. The molecule has 1 spiro atoms. The van der Waals surface area contributed by atoms with Crippen LogP contribution in [0.3, 0.4) is 0 Å². The summed E-state index contributed by atoms with van der Waals surface area (Å²) in [5, 5.41) is 0. The van der Waals surface area contributed by atoms with E-state index in [1.807, 2.05) is 0 Å². The van der Waals surface area contributed by atoms with Crippen LogP contribution in [0.25, 0.3) is 0 Å². The van der Waals surface area contributed by atoms with Gasteiger partial charge in [-0.3, -0.25) is 4.99 Å². The molecule has 1 fully saturated rings. The largest absolute Gasteiger partial charge is 0.370 e. The molecular weight excluding hydrogens is 260 g/mol. The Morgan fingerprint density at radius 3 is 2.48 bits per heavy atom. The lowest BCUT2D eigenvalue weighted by atomic mass is 9.74. The number of hydrogen-bond donors (Lipinski definition) is 1. The summed E-state index contributed by atoms with van der Waals surface area (Å²) in [6, 6.07) is 0. The molecule has 1 aliphatic carbocycles. The maximum atomic E-state index is 6.20. The van der Waals surface area contributed by atoms with E-state index in [2.05, 4.69) is 35.6 Å². The number of rotatable bonds is 7. The molecule has 122 valence electrons. The van der Waals surface area contributed by atoms with Crippen LogP contribution in [0.2, 0.25) is 0 Å². The van der Waals surface area contributed by atoms with Gasteiger partial charge in [0.1, 0.15) is 0 Å². The van der Waals surface area contributed by atoms with Gasteiger partial charge in [-0.05, 0) is 44.7 Å². The summed E-state index contributed by atoms with van der Waals surface area (Å²) < 4.78 is 0. The Bertz CT molecular complexity index is 341. The van der Waals surface area contributed by atoms with E-state index in [1.54, 1.807) is 0 Å². The lowest BCUT2D eigenvalue weighted by Crippen LogP contribution is -2.55. The molecule has 21 heavy (non-hydrogen) atoms. The molecule has 0 aromatic rings. The van der Waals surface area contributed by atoms with Gasteiger partial charge in [0.15, 0.2) is 5.96 Å². The van der Waals surface area contributed by atoms with Gasteiger partial charge in [-0.25, -0.2) is 0 Å². The summed E-state index contributed by atoms with van der Waals surface area (Å²) in [6.45, 7) is 12.1. The predicted molar refractivity (Wildman–Crippen MR) is 90.6 cm³/mol. The molecule has 0 atom stereocenters. The van der Waals surface area contributed by atoms with Crippen molar-refractivity contribution in [3.8, 4) is 0 Å². The van der Waals surface area contributed by atoms with Crippen LogP contribution in [0.5, 0.6) is 0 Å². The molecule has 0 aromatic carbocycles. The van der Waals surface area contributed by atoms with Gasteiger partial charge < -0.3 is 15.5 Å². The van der Waals surface area contributed by atoms with E-state index in [-0.39, 0.29) is 5.54 Å². The van der Waals surface area contributed by atoms with Crippen LogP contribution < -0.4 is 5.73 Å². The Kier molecular flexibility index (Phi) is 5.91. The Morgan fingerprint density at radius 2 is 1.90 bits per heavy atom. The molecule has 0 aromatic heterocycles. The van der Waals surface area contributed by atoms with Crippen molar-refractivity contribution < 1.29 is 0 Å². The molecule has 2 aliphatic rings. The smallest absolute Gasteiger partial charge is 0.191 e. The van der Waals surface area contributed by atoms with Gasteiger partial charge in [-0.15, -0.1) is 0 Å². The van der Waals surface area contributed by atoms with Crippen molar-refractivity contribution in [1.82, 2.24) is 9.80 Å². The molecule has 0 unspecified atom stereocenters. The van der Waals surface area contributed by atoms with Crippen LogP contribution >= 0.6 is 0 Å². The molecule has 2 rings (SSSR count). The summed E-state index contributed by atoms with van der Waals surface area (Å²) in [5.41, 5.74) is 6.46. The number of hydrogen-bond acceptors (Lipinski definition) is 4. The Labute approximate surface area is 130 Å². The van der Waals surface area contributed by atoms with Crippen molar-refractivity contribution in [3.05, 3.63) is 0 Å². The van der Waals surface area contributed by atoms with Crippen molar-refractivity contribution >= 4 is 5.96 Å². The second kappa shape index (κ2) is 7.48. The molecule has 1 heterocycles. The third kappa shape index (κ3) is 3.71. The van der Waals surface area contributed by atoms with Gasteiger partial charge in [0, 0.05) is 13.1 Å². The van der Waals surface area contributed by atoms with E-state index in [1.165, 1.54) is 38.5 Å². The molecule has 1 aliphatic heterocycles. The lowest BCUT2D eigenvalue weighted by molar-refractivity contribution is 0.103. The third-order valence-electron chi connectivity index (χ3n) is 5.65. The molecule has 0 bridgehead atoms. The minimum atomic E-state index is 0.251. The second-order valence-corrected chi connectivity index (χ2v) is 6.81. The number of guanidine groups is 1. The van der Waals surface area contributed by atoms with Crippen molar-refractivity contribution in [2.75, 3.05) is 32.7 Å². The molecule has 0 saturated heterocycles. The van der Waals surface area contributed by atoms with Gasteiger partial charge in [0.2, 0.25) is 0 Å². The van der Waals surface area contributed by atoms with Crippen molar-refractivity contribution in [2.24, 2.45) is 16.6 Å². The SMILES string of the molecule is CCCC1CCC2(CC1)CN=C(N)N2CCN(CC)CC. The average Bonchev–Trinajstić information content (AvgIpc) is 2.80. The average molecular weight is 294 g/mol. The van der Waals surface area contributed by atoms with Crippen LogP contribution in [0.1, 0.15) is 59.3 Å². The highest BCUT2D eigenvalue weighted by molar-refractivity contribution is 5.81. The minimum absolute atomic E-state index is 0.251.